The van der Waals surface area contributed by atoms with Crippen molar-refractivity contribution in [2.75, 3.05) is 11.9 Å². The monoisotopic (exact) mass is 233 g/mol. The van der Waals surface area contributed by atoms with E-state index in [0.29, 0.717) is 0 Å². The third kappa shape index (κ3) is 2.72. The lowest BCUT2D eigenvalue weighted by Crippen LogP contribution is -1.95. The molecule has 1 N–H and O–H groups in total. The zero-order chi connectivity index (χ0) is 8.27. The van der Waals surface area contributed by atoms with Crippen LogP contribution in [0.25, 0.3) is 0 Å². The molecule has 0 saturated carbocycles. The summed E-state index contributed by atoms with van der Waals surface area (Å²) in [6.07, 6.45) is 0. The predicted octanol–water partition coefficient (Wildman–Crippen LogP) is 3.53. The Morgan fingerprint density at radius 1 is 1.45 bits per heavy atom. The van der Waals surface area contributed by atoms with Crippen LogP contribution in [0, 0.1) is 0 Å². The van der Waals surface area contributed by atoms with Gasteiger partial charge < -0.3 is 5.32 Å². The summed E-state index contributed by atoms with van der Waals surface area (Å²) in [5.41, 5.74) is 1.05. The second-order valence-corrected chi connectivity index (χ2v) is 3.54. The van der Waals surface area contributed by atoms with Crippen LogP contribution in [0.4, 0.5) is 5.69 Å². The van der Waals surface area contributed by atoms with Crippen LogP contribution >= 0.6 is 27.5 Å². The second kappa shape index (κ2) is 3.98. The molecule has 11 heavy (non-hydrogen) atoms. The molecule has 1 rings (SSSR count). The Morgan fingerprint density at radius 3 is 2.73 bits per heavy atom. The summed E-state index contributed by atoms with van der Waals surface area (Å²) in [5.74, 6) is 0. The van der Waals surface area contributed by atoms with Crippen molar-refractivity contribution in [1.29, 1.82) is 0 Å². The van der Waals surface area contributed by atoms with Crippen LogP contribution in [0.5, 0.6) is 0 Å². The number of benzene rings is 1. The van der Waals surface area contributed by atoms with Crippen molar-refractivity contribution >= 4 is 33.2 Å². The number of hydrogen-bond acceptors (Lipinski definition) is 1. The van der Waals surface area contributed by atoms with E-state index in [1.54, 1.807) is 0 Å². The lowest BCUT2D eigenvalue weighted by atomic mass is 10.3. The Kier molecular flexibility index (Phi) is 3.21. The van der Waals surface area contributed by atoms with Gasteiger partial charge in [0.1, 0.15) is 0 Å². The van der Waals surface area contributed by atoms with Crippen molar-refractivity contribution in [1.82, 2.24) is 0 Å². The first-order valence-corrected chi connectivity index (χ1v) is 4.59. The minimum absolute atomic E-state index is 0.746. The van der Waals surface area contributed by atoms with E-state index in [1.165, 1.54) is 0 Å². The molecule has 0 fully saturated rings. The van der Waals surface area contributed by atoms with Gasteiger partial charge in [0.15, 0.2) is 0 Å². The highest BCUT2D eigenvalue weighted by Crippen LogP contribution is 2.22. The van der Waals surface area contributed by atoms with Gasteiger partial charge in [-0.05, 0) is 25.1 Å². The summed E-state index contributed by atoms with van der Waals surface area (Å²) in [6.45, 7) is 2.96. The van der Waals surface area contributed by atoms with E-state index in [1.807, 2.05) is 18.2 Å². The summed E-state index contributed by atoms with van der Waals surface area (Å²) in [7, 11) is 0. The van der Waals surface area contributed by atoms with Crippen molar-refractivity contribution in [3.05, 3.63) is 27.7 Å². The molecule has 3 heteroatoms. The molecular formula is C8H9BrClN. The minimum Gasteiger partial charge on any atom is -0.385 e. The number of rotatable bonds is 2. The highest BCUT2D eigenvalue weighted by atomic mass is 79.9. The predicted molar refractivity (Wildman–Crippen MR) is 53.3 cm³/mol. The summed E-state index contributed by atoms with van der Waals surface area (Å²) in [5, 5.41) is 3.92. The second-order valence-electron chi connectivity index (χ2n) is 2.19. The molecule has 0 bridgehead atoms. The standard InChI is InChI=1S/C8H9BrClN/c1-2-11-8-4-6(9)3-7(10)5-8/h3-5,11H,2H2,1H3. The van der Waals surface area contributed by atoms with Gasteiger partial charge >= 0.3 is 0 Å². The number of hydrogen-bond donors (Lipinski definition) is 1. The van der Waals surface area contributed by atoms with Gasteiger partial charge in [-0.1, -0.05) is 27.5 Å². The summed E-state index contributed by atoms with van der Waals surface area (Å²) < 4.78 is 1.00. The maximum absolute atomic E-state index is 5.82. The molecule has 0 amide bonds. The highest BCUT2D eigenvalue weighted by Gasteiger charge is 1.94. The molecule has 60 valence electrons. The van der Waals surface area contributed by atoms with Crippen molar-refractivity contribution in [2.24, 2.45) is 0 Å². The fourth-order valence-electron chi connectivity index (χ4n) is 0.860. The molecule has 1 nitrogen and oxygen atoms in total. The molecule has 0 aromatic heterocycles. The smallest absolute Gasteiger partial charge is 0.0437 e. The van der Waals surface area contributed by atoms with Crippen LogP contribution in [-0.4, -0.2) is 6.54 Å². The van der Waals surface area contributed by atoms with Crippen LogP contribution in [0.2, 0.25) is 5.02 Å². The van der Waals surface area contributed by atoms with Crippen LogP contribution in [-0.2, 0) is 0 Å². The molecule has 0 aliphatic rings. The van der Waals surface area contributed by atoms with E-state index in [4.69, 9.17) is 11.6 Å². The Hall–Kier alpha value is -0.210. The van der Waals surface area contributed by atoms with E-state index in [0.717, 1.165) is 21.7 Å². The van der Waals surface area contributed by atoms with Gasteiger partial charge in [0.05, 0.1) is 0 Å². The van der Waals surface area contributed by atoms with Crippen LogP contribution in [0.3, 0.4) is 0 Å². The van der Waals surface area contributed by atoms with E-state index >= 15 is 0 Å². The third-order valence-electron chi connectivity index (χ3n) is 1.24. The zero-order valence-electron chi connectivity index (χ0n) is 6.20. The van der Waals surface area contributed by atoms with E-state index in [-0.39, 0.29) is 0 Å². The number of halogens is 2. The molecule has 0 heterocycles. The van der Waals surface area contributed by atoms with Crippen LogP contribution in [0.1, 0.15) is 6.92 Å². The Bertz CT molecular complexity index is 230. The van der Waals surface area contributed by atoms with Gasteiger partial charge in [0, 0.05) is 21.7 Å². The number of nitrogens with one attached hydrogen (secondary N) is 1. The summed E-state index contributed by atoms with van der Waals surface area (Å²) >= 11 is 9.17. The Morgan fingerprint density at radius 2 is 2.18 bits per heavy atom. The first-order chi connectivity index (χ1) is 5.22. The maximum atomic E-state index is 5.82. The zero-order valence-corrected chi connectivity index (χ0v) is 8.54. The quantitative estimate of drug-likeness (QED) is 0.825. The summed E-state index contributed by atoms with van der Waals surface area (Å²) in [6, 6.07) is 5.76. The average Bonchev–Trinajstić information content (AvgIpc) is 1.85. The van der Waals surface area contributed by atoms with E-state index < -0.39 is 0 Å². The molecule has 1 aromatic carbocycles. The van der Waals surface area contributed by atoms with E-state index in [9.17, 15) is 0 Å². The fraction of sp³-hybridized carbons (Fsp3) is 0.250. The van der Waals surface area contributed by atoms with Crippen molar-refractivity contribution in [2.45, 2.75) is 6.92 Å². The lowest BCUT2D eigenvalue weighted by Gasteiger charge is -2.03. The Balaban J connectivity index is 2.89. The molecule has 0 aliphatic heterocycles. The van der Waals surface area contributed by atoms with Gasteiger partial charge in [-0.3, -0.25) is 0 Å². The van der Waals surface area contributed by atoms with Crippen molar-refractivity contribution < 1.29 is 0 Å². The third-order valence-corrected chi connectivity index (χ3v) is 1.92. The average molecular weight is 235 g/mol. The first kappa shape index (κ1) is 8.88. The maximum Gasteiger partial charge on any atom is 0.0437 e. The number of anilines is 1. The van der Waals surface area contributed by atoms with Gasteiger partial charge in [-0.2, -0.15) is 0 Å². The van der Waals surface area contributed by atoms with Crippen LogP contribution < -0.4 is 5.32 Å². The van der Waals surface area contributed by atoms with Crippen LogP contribution in [0.15, 0.2) is 22.7 Å². The Labute approximate surface area is 79.9 Å². The molecule has 0 unspecified atom stereocenters. The highest BCUT2D eigenvalue weighted by molar-refractivity contribution is 9.10. The normalized spacial score (nSPS) is 9.73. The lowest BCUT2D eigenvalue weighted by molar-refractivity contribution is 1.21. The largest absolute Gasteiger partial charge is 0.385 e. The van der Waals surface area contributed by atoms with Gasteiger partial charge in [-0.25, -0.2) is 0 Å². The molecular weight excluding hydrogens is 225 g/mol. The molecule has 0 spiro atoms. The molecule has 0 aliphatic carbocycles. The van der Waals surface area contributed by atoms with E-state index in [2.05, 4.69) is 28.2 Å². The SMILES string of the molecule is CCNc1cc(Cl)cc(Br)c1. The molecule has 0 saturated heterocycles. The first-order valence-electron chi connectivity index (χ1n) is 3.42. The summed E-state index contributed by atoms with van der Waals surface area (Å²) in [4.78, 5) is 0. The topological polar surface area (TPSA) is 12.0 Å². The van der Waals surface area contributed by atoms with Crippen molar-refractivity contribution in [3.63, 3.8) is 0 Å². The van der Waals surface area contributed by atoms with Crippen molar-refractivity contribution in [3.8, 4) is 0 Å². The van der Waals surface area contributed by atoms with Gasteiger partial charge in [0.2, 0.25) is 0 Å². The molecule has 0 radical (unpaired) electrons. The van der Waals surface area contributed by atoms with Gasteiger partial charge in [-0.15, -0.1) is 0 Å². The molecule has 1 aromatic rings. The molecule has 0 atom stereocenters. The minimum atomic E-state index is 0.746. The van der Waals surface area contributed by atoms with Gasteiger partial charge in [0.25, 0.3) is 0 Å². The fourth-order valence-corrected chi connectivity index (χ4v) is 1.72.